The molecular weight excluding hydrogens is 502 g/mol. The van der Waals surface area contributed by atoms with E-state index in [0.717, 1.165) is 11.1 Å². The minimum absolute atomic E-state index is 0.000593. The normalized spacial score (nSPS) is 19.4. The van der Waals surface area contributed by atoms with Gasteiger partial charge in [-0.3, -0.25) is 24.1 Å². The highest BCUT2D eigenvalue weighted by Crippen LogP contribution is 2.35. The number of amides is 4. The summed E-state index contributed by atoms with van der Waals surface area (Å²) < 4.78 is 0. The van der Waals surface area contributed by atoms with Crippen LogP contribution in [-0.4, -0.2) is 52.1 Å². The van der Waals surface area contributed by atoms with E-state index in [1.54, 1.807) is 23.1 Å². The van der Waals surface area contributed by atoms with Gasteiger partial charge in [0, 0.05) is 37.0 Å². The van der Waals surface area contributed by atoms with Gasteiger partial charge in [0.2, 0.25) is 23.6 Å². The van der Waals surface area contributed by atoms with Gasteiger partial charge in [0.1, 0.15) is 6.04 Å². The molecule has 2 aromatic rings. The zero-order valence-corrected chi connectivity index (χ0v) is 22.6. The fraction of sp³-hybridized carbons (Fsp3) is 0.400. The first-order chi connectivity index (χ1) is 18.2. The molecular formula is C30H34ClN3O4. The third-order valence-electron chi connectivity index (χ3n) is 7.09. The van der Waals surface area contributed by atoms with Gasteiger partial charge in [-0.1, -0.05) is 66.2 Å². The number of hydrogen-bond donors (Lipinski definition) is 1. The standard InChI is InChI=1S/C30H34ClN3O4/c1-20(2)32-28(36)26(18-21-9-4-3-5-10-21)34(19-22-11-8-12-23(31)17-22)27(35)15-16-33-29(37)24-13-6-7-14-25(24)30(33)38/h3-12,17,20,24-26H,13-16,18-19H2,1-2H3,(H,32,36)/t24-,25+,26-/m0/s1. The number of hydrogen-bond acceptors (Lipinski definition) is 4. The molecule has 3 atom stereocenters. The molecule has 0 aromatic heterocycles. The van der Waals surface area contributed by atoms with Gasteiger partial charge in [0.25, 0.3) is 0 Å². The molecule has 0 bridgehead atoms. The van der Waals surface area contributed by atoms with Crippen molar-refractivity contribution in [1.29, 1.82) is 0 Å². The van der Waals surface area contributed by atoms with Crippen molar-refractivity contribution in [3.8, 4) is 0 Å². The summed E-state index contributed by atoms with van der Waals surface area (Å²) in [6, 6.07) is 15.8. The van der Waals surface area contributed by atoms with Crippen LogP contribution < -0.4 is 5.32 Å². The van der Waals surface area contributed by atoms with Crippen LogP contribution in [0.5, 0.6) is 0 Å². The van der Waals surface area contributed by atoms with Crippen molar-refractivity contribution in [1.82, 2.24) is 15.1 Å². The summed E-state index contributed by atoms with van der Waals surface area (Å²) in [6.07, 6.45) is 5.24. The lowest BCUT2D eigenvalue weighted by Crippen LogP contribution is -2.52. The highest BCUT2D eigenvalue weighted by atomic mass is 35.5. The highest BCUT2D eigenvalue weighted by molar-refractivity contribution is 6.30. The zero-order chi connectivity index (χ0) is 27.2. The number of nitrogens with zero attached hydrogens (tertiary/aromatic N) is 2. The topological polar surface area (TPSA) is 86.8 Å². The molecule has 1 fully saturated rings. The van der Waals surface area contributed by atoms with E-state index in [2.05, 4.69) is 5.32 Å². The Morgan fingerprint density at radius 2 is 1.61 bits per heavy atom. The van der Waals surface area contributed by atoms with Crippen LogP contribution in [0.2, 0.25) is 5.02 Å². The minimum atomic E-state index is -0.789. The van der Waals surface area contributed by atoms with Crippen molar-refractivity contribution >= 4 is 35.2 Å². The highest BCUT2D eigenvalue weighted by Gasteiger charge is 2.47. The number of fused-ring (bicyclic) bond motifs is 1. The predicted octanol–water partition coefficient (Wildman–Crippen LogP) is 4.15. The quantitative estimate of drug-likeness (QED) is 0.366. The van der Waals surface area contributed by atoms with Crippen molar-refractivity contribution in [2.24, 2.45) is 11.8 Å². The fourth-order valence-corrected chi connectivity index (χ4v) is 5.42. The van der Waals surface area contributed by atoms with E-state index in [0.29, 0.717) is 24.3 Å². The van der Waals surface area contributed by atoms with Crippen LogP contribution in [0.15, 0.2) is 66.7 Å². The van der Waals surface area contributed by atoms with Crippen LogP contribution in [-0.2, 0) is 32.1 Å². The van der Waals surface area contributed by atoms with E-state index in [4.69, 9.17) is 11.6 Å². The molecule has 8 heteroatoms. The summed E-state index contributed by atoms with van der Waals surface area (Å²) in [5.41, 5.74) is 1.70. The lowest BCUT2D eigenvalue weighted by molar-refractivity contribution is -0.144. The van der Waals surface area contributed by atoms with Crippen LogP contribution in [0.4, 0.5) is 0 Å². The molecule has 4 amide bonds. The number of benzene rings is 2. The molecule has 0 spiro atoms. The van der Waals surface area contributed by atoms with Crippen molar-refractivity contribution in [2.75, 3.05) is 6.54 Å². The molecule has 1 aliphatic heterocycles. The lowest BCUT2D eigenvalue weighted by atomic mass is 9.85. The monoisotopic (exact) mass is 535 g/mol. The van der Waals surface area contributed by atoms with Gasteiger partial charge in [-0.25, -0.2) is 0 Å². The van der Waals surface area contributed by atoms with E-state index < -0.39 is 6.04 Å². The molecule has 0 saturated carbocycles. The summed E-state index contributed by atoms with van der Waals surface area (Å²) in [5, 5.41) is 3.49. The summed E-state index contributed by atoms with van der Waals surface area (Å²) in [4.78, 5) is 55.9. The second-order valence-corrected chi connectivity index (χ2v) is 10.7. The van der Waals surface area contributed by atoms with Crippen LogP contribution in [0.25, 0.3) is 0 Å². The molecule has 200 valence electrons. The van der Waals surface area contributed by atoms with Crippen molar-refractivity contribution < 1.29 is 19.2 Å². The molecule has 7 nitrogen and oxygen atoms in total. The Morgan fingerprint density at radius 3 is 2.21 bits per heavy atom. The predicted molar refractivity (Wildman–Crippen MR) is 146 cm³/mol. The maximum absolute atomic E-state index is 13.8. The maximum atomic E-state index is 13.8. The van der Waals surface area contributed by atoms with Gasteiger partial charge in [0.15, 0.2) is 0 Å². The Hall–Kier alpha value is -3.45. The summed E-state index contributed by atoms with van der Waals surface area (Å²) in [6.45, 7) is 3.91. The Bertz CT molecular complexity index is 1190. The first-order valence-corrected chi connectivity index (χ1v) is 13.5. The number of likely N-dealkylation sites (tertiary alicyclic amines) is 1. The van der Waals surface area contributed by atoms with Crippen LogP contribution in [0, 0.1) is 11.8 Å². The minimum Gasteiger partial charge on any atom is -0.352 e. The first kappa shape index (κ1) is 27.6. The van der Waals surface area contributed by atoms with Gasteiger partial charge in [-0.05, 0) is 49.9 Å². The molecule has 38 heavy (non-hydrogen) atoms. The molecule has 4 rings (SSSR count). The Balaban J connectivity index is 1.59. The third kappa shape index (κ3) is 6.51. The smallest absolute Gasteiger partial charge is 0.243 e. The molecule has 0 radical (unpaired) electrons. The van der Waals surface area contributed by atoms with Gasteiger partial charge in [-0.2, -0.15) is 0 Å². The second-order valence-electron chi connectivity index (χ2n) is 10.3. The van der Waals surface area contributed by atoms with Gasteiger partial charge < -0.3 is 10.2 Å². The zero-order valence-electron chi connectivity index (χ0n) is 21.8. The molecule has 1 saturated heterocycles. The first-order valence-electron chi connectivity index (χ1n) is 13.1. The number of imide groups is 1. The van der Waals surface area contributed by atoms with E-state index in [-0.39, 0.29) is 61.0 Å². The summed E-state index contributed by atoms with van der Waals surface area (Å²) in [7, 11) is 0. The summed E-state index contributed by atoms with van der Waals surface area (Å²) >= 11 is 6.22. The maximum Gasteiger partial charge on any atom is 0.243 e. The second kappa shape index (κ2) is 12.4. The Labute approximate surface area is 228 Å². The Morgan fingerprint density at radius 1 is 0.974 bits per heavy atom. The number of carbonyl (C=O) groups is 4. The van der Waals surface area contributed by atoms with E-state index >= 15 is 0 Å². The number of halogens is 1. The van der Waals surface area contributed by atoms with Gasteiger partial charge in [-0.15, -0.1) is 0 Å². The average Bonchev–Trinajstić information content (AvgIpc) is 3.14. The van der Waals surface area contributed by atoms with Crippen molar-refractivity contribution in [3.63, 3.8) is 0 Å². The number of allylic oxidation sites excluding steroid dienone is 2. The van der Waals surface area contributed by atoms with Crippen molar-refractivity contribution in [3.05, 3.63) is 82.9 Å². The molecule has 0 unspecified atom stereocenters. The van der Waals surface area contributed by atoms with E-state index in [1.807, 2.05) is 62.4 Å². The average molecular weight is 536 g/mol. The molecule has 1 aliphatic carbocycles. The molecule has 1 heterocycles. The molecule has 2 aromatic carbocycles. The number of carbonyl (C=O) groups excluding carboxylic acids is 4. The summed E-state index contributed by atoms with van der Waals surface area (Å²) in [5.74, 6) is -1.67. The van der Waals surface area contributed by atoms with Crippen molar-refractivity contribution in [2.45, 2.75) is 58.2 Å². The van der Waals surface area contributed by atoms with Crippen LogP contribution in [0.3, 0.4) is 0 Å². The number of nitrogens with one attached hydrogen (secondary N) is 1. The number of rotatable bonds is 10. The van der Waals surface area contributed by atoms with E-state index in [1.165, 1.54) is 4.90 Å². The van der Waals surface area contributed by atoms with Gasteiger partial charge in [0.05, 0.1) is 11.8 Å². The van der Waals surface area contributed by atoms with Gasteiger partial charge >= 0.3 is 0 Å². The largest absolute Gasteiger partial charge is 0.352 e. The SMILES string of the molecule is CC(C)NC(=O)[C@H](Cc1ccccc1)N(Cc1cccc(Cl)c1)C(=O)CCN1C(=O)[C@H]2CC=CC[C@H]2C1=O. The lowest BCUT2D eigenvalue weighted by Gasteiger charge is -2.32. The molecule has 1 N–H and O–H groups in total. The fourth-order valence-electron chi connectivity index (χ4n) is 5.21. The Kier molecular flexibility index (Phi) is 9.00. The van der Waals surface area contributed by atoms with Crippen LogP contribution in [0.1, 0.15) is 44.2 Å². The van der Waals surface area contributed by atoms with E-state index in [9.17, 15) is 19.2 Å². The van der Waals surface area contributed by atoms with Crippen LogP contribution >= 0.6 is 11.6 Å². The third-order valence-corrected chi connectivity index (χ3v) is 7.33. The molecule has 2 aliphatic rings.